The van der Waals surface area contributed by atoms with E-state index in [1.165, 1.54) is 82.0 Å². The molecule has 1 saturated heterocycles. The molecule has 6 aromatic rings. The highest BCUT2D eigenvalue weighted by Gasteiger charge is 2.65. The fourth-order valence-corrected chi connectivity index (χ4v) is 21.9. The van der Waals surface area contributed by atoms with Crippen molar-refractivity contribution < 1.29 is 40.4 Å². The lowest BCUT2D eigenvalue weighted by molar-refractivity contribution is -0.180. The van der Waals surface area contributed by atoms with Gasteiger partial charge in [-0.15, -0.1) is 0 Å². The molecule has 7 fully saturated rings. The van der Waals surface area contributed by atoms with Crippen molar-refractivity contribution in [1.82, 2.24) is 0 Å². The van der Waals surface area contributed by atoms with Crippen LogP contribution < -0.4 is 0 Å². The van der Waals surface area contributed by atoms with Gasteiger partial charge in [-0.3, -0.25) is 13.8 Å². The second kappa shape index (κ2) is 25.6. The lowest BCUT2D eigenvalue weighted by Crippen LogP contribution is -2.51. The normalized spacial score (nSPS) is 25.0. The summed E-state index contributed by atoms with van der Waals surface area (Å²) in [5.41, 5.74) is 8.45. The van der Waals surface area contributed by atoms with Gasteiger partial charge in [0.25, 0.3) is 16.0 Å². The number of hydrogen-bond donors (Lipinski definition) is 0. The first kappa shape index (κ1) is 63.2. The van der Waals surface area contributed by atoms with Crippen LogP contribution in [0.2, 0.25) is 0 Å². The molecule has 12 heteroatoms. The third-order valence-electron chi connectivity index (χ3n) is 17.8. The maximum atomic E-state index is 12.8. The molecule has 1 heterocycles. The van der Waals surface area contributed by atoms with Crippen LogP contribution in [0, 0.1) is 62.7 Å². The SMILES string of the molecule is CC(F)(F)COC(=O)C12CC3CC(CC(C3)C1)C2.CCC(=O)OC1C2CC3C1OS(=O)(=O)C3C2.Cc1cc([S+](c2ccccc2)c2ccccc2)cc(C)c1C(C)(C)C.Cc1cc([S+](c2ccccc2)c2ccccc2)cc(C)c1C(C)(C)C. The summed E-state index contributed by atoms with van der Waals surface area (Å²) in [6, 6.07) is 53.1. The van der Waals surface area contributed by atoms with Gasteiger partial charge in [-0.2, -0.15) is 8.42 Å². The average molecular weight is 1200 g/mol. The van der Waals surface area contributed by atoms with Gasteiger partial charge in [-0.1, -0.05) is 121 Å². The monoisotopic (exact) mass is 1200 g/mol. The third-order valence-corrected chi connectivity index (χ3v) is 24.0. The number of benzene rings is 6. The first-order valence-corrected chi connectivity index (χ1v) is 34.2. The topological polar surface area (TPSA) is 96.0 Å². The fraction of sp³-hybridized carbons (Fsp3) is 0.472. The van der Waals surface area contributed by atoms with Crippen molar-refractivity contribution in [2.45, 2.75) is 204 Å². The molecule has 13 rings (SSSR count). The number of aryl methyl sites for hydroxylation is 4. The molecule has 0 radical (unpaired) electrons. The fourth-order valence-electron chi connectivity index (χ4n) is 15.5. The Kier molecular flexibility index (Phi) is 19.3. The highest BCUT2D eigenvalue weighted by atomic mass is 32.2. The van der Waals surface area contributed by atoms with E-state index in [2.05, 4.69) is 215 Å². The maximum Gasteiger partial charge on any atom is 0.312 e. The molecule has 6 aliphatic carbocycles. The van der Waals surface area contributed by atoms with Crippen LogP contribution in [-0.2, 0) is 66.0 Å². The van der Waals surface area contributed by atoms with Crippen molar-refractivity contribution in [3.05, 3.63) is 179 Å². The first-order valence-electron chi connectivity index (χ1n) is 30.2. The number of carbonyl (C=O) groups excluding carboxylic acids is 2. The molecule has 5 unspecified atom stereocenters. The molecular formula is C72H88F2O7S3+2. The van der Waals surface area contributed by atoms with E-state index in [0.717, 1.165) is 32.6 Å². The van der Waals surface area contributed by atoms with E-state index in [1.807, 2.05) is 0 Å². The quantitative estimate of drug-likeness (QED) is 0.0724. The molecule has 0 aromatic heterocycles. The van der Waals surface area contributed by atoms with Gasteiger partial charge in [-0.25, -0.2) is 8.78 Å². The number of carbonyl (C=O) groups is 2. The number of fused-ring (bicyclic) bond motifs is 1. The first-order chi connectivity index (χ1) is 39.6. The zero-order valence-corrected chi connectivity index (χ0v) is 53.8. The van der Waals surface area contributed by atoms with Gasteiger partial charge >= 0.3 is 11.9 Å². The molecule has 448 valence electrons. The van der Waals surface area contributed by atoms with Crippen LogP contribution in [0.4, 0.5) is 8.78 Å². The van der Waals surface area contributed by atoms with Gasteiger partial charge in [-0.05, 0) is 214 Å². The Hall–Kier alpha value is -5.27. The summed E-state index contributed by atoms with van der Waals surface area (Å²) in [6.45, 7) is 24.6. The summed E-state index contributed by atoms with van der Waals surface area (Å²) in [5, 5.41) is -0.348. The minimum absolute atomic E-state index is 0.0460. The van der Waals surface area contributed by atoms with Crippen LogP contribution in [0.1, 0.15) is 147 Å². The molecule has 1 aliphatic heterocycles. The van der Waals surface area contributed by atoms with Crippen LogP contribution in [0.3, 0.4) is 0 Å². The third kappa shape index (κ3) is 14.4. The van der Waals surface area contributed by atoms with Crippen LogP contribution in [0.25, 0.3) is 0 Å². The number of rotatable bonds is 11. The summed E-state index contributed by atoms with van der Waals surface area (Å²) >= 11 is 0. The van der Waals surface area contributed by atoms with E-state index in [4.69, 9.17) is 13.7 Å². The van der Waals surface area contributed by atoms with E-state index in [9.17, 15) is 26.8 Å². The molecule has 84 heavy (non-hydrogen) atoms. The summed E-state index contributed by atoms with van der Waals surface area (Å²) < 4.78 is 64.1. The van der Waals surface area contributed by atoms with Gasteiger partial charge < -0.3 is 9.47 Å². The predicted molar refractivity (Wildman–Crippen MR) is 335 cm³/mol. The number of ether oxygens (including phenoxy) is 2. The number of alkyl halides is 2. The number of halogens is 2. The van der Waals surface area contributed by atoms with Crippen molar-refractivity contribution in [2.24, 2.45) is 35.0 Å². The zero-order chi connectivity index (χ0) is 60.5. The van der Waals surface area contributed by atoms with Gasteiger partial charge in [0, 0.05) is 25.2 Å². The minimum Gasteiger partial charge on any atom is -0.459 e. The summed E-state index contributed by atoms with van der Waals surface area (Å²) in [7, 11) is -3.54. The molecule has 7 nitrogen and oxygen atoms in total. The second-order valence-electron chi connectivity index (χ2n) is 26.9. The summed E-state index contributed by atoms with van der Waals surface area (Å²) in [6.07, 6.45) is 7.27. The standard InChI is InChI=1S/2C24H27S.C14H20F2O2.C10H14O5S/c2*1-18-16-22(17-19(2)23(18)24(3,4)5)25(20-12-8-6-9-13-20)21-14-10-7-11-15-21;1-13(15,16)8-18-12(17)14-5-9-2-10(6-14)4-11(3-9)7-14;1-2-8(11)14-9-5-3-6-7(4-5)16(12,13)15-10(6)9/h2*6-17H,1-5H3;9-11H,2-8H2,1H3;5-7,9-10H,2-4H2,1H3/q2*+1;;. The van der Waals surface area contributed by atoms with Crippen LogP contribution >= 0.6 is 0 Å². The molecule has 6 bridgehead atoms. The molecule has 6 aromatic carbocycles. The molecule has 0 N–H and O–H groups in total. The summed E-state index contributed by atoms with van der Waals surface area (Å²) in [5.74, 6) is -1.44. The Morgan fingerprint density at radius 1 is 0.560 bits per heavy atom. The molecular weight excluding hydrogens is 1110 g/mol. The average Bonchev–Trinajstić information content (AvgIpc) is 1.76. The van der Waals surface area contributed by atoms with Crippen molar-refractivity contribution in [1.29, 1.82) is 0 Å². The van der Waals surface area contributed by atoms with Crippen LogP contribution in [0.5, 0.6) is 0 Å². The Morgan fingerprint density at radius 3 is 1.24 bits per heavy atom. The number of esters is 2. The molecule has 7 aliphatic rings. The largest absolute Gasteiger partial charge is 0.459 e. The van der Waals surface area contributed by atoms with E-state index in [-0.39, 0.29) is 67.7 Å². The lowest BCUT2D eigenvalue weighted by Gasteiger charge is -2.55. The van der Waals surface area contributed by atoms with Crippen LogP contribution in [0.15, 0.2) is 175 Å². The van der Waals surface area contributed by atoms with Crippen LogP contribution in [-0.4, -0.2) is 50.3 Å². The van der Waals surface area contributed by atoms with Gasteiger partial charge in [0.15, 0.2) is 36.0 Å². The molecule has 0 spiro atoms. The summed E-state index contributed by atoms with van der Waals surface area (Å²) in [4.78, 5) is 31.7. The Bertz CT molecular complexity index is 3040. The lowest BCUT2D eigenvalue weighted by atomic mass is 9.49. The van der Waals surface area contributed by atoms with E-state index in [0.29, 0.717) is 30.6 Å². The Balaban J connectivity index is 0.000000136. The van der Waals surface area contributed by atoms with E-state index in [1.54, 1.807) is 6.92 Å². The predicted octanol–water partition coefficient (Wildman–Crippen LogP) is 17.2. The zero-order valence-electron chi connectivity index (χ0n) is 51.4. The van der Waals surface area contributed by atoms with E-state index >= 15 is 0 Å². The van der Waals surface area contributed by atoms with Crippen molar-refractivity contribution >= 4 is 43.8 Å². The second-order valence-corrected chi connectivity index (χ2v) is 32.7. The van der Waals surface area contributed by atoms with Gasteiger partial charge in [0.1, 0.15) is 12.2 Å². The highest BCUT2D eigenvalue weighted by Crippen LogP contribution is 2.61. The minimum atomic E-state index is -3.40. The van der Waals surface area contributed by atoms with Crippen molar-refractivity contribution in [3.8, 4) is 0 Å². The van der Waals surface area contributed by atoms with E-state index < -0.39 is 34.2 Å². The maximum absolute atomic E-state index is 12.8. The molecule has 5 atom stereocenters. The Morgan fingerprint density at radius 2 is 0.917 bits per heavy atom. The highest BCUT2D eigenvalue weighted by molar-refractivity contribution is 7.97. The smallest absolute Gasteiger partial charge is 0.312 e. The Labute approximate surface area is 506 Å². The number of hydrogen-bond acceptors (Lipinski definition) is 7. The van der Waals surface area contributed by atoms with Gasteiger partial charge in [0.2, 0.25) is 0 Å². The van der Waals surface area contributed by atoms with Crippen molar-refractivity contribution in [2.75, 3.05) is 6.61 Å². The molecule has 6 saturated carbocycles. The molecule has 0 amide bonds. The van der Waals surface area contributed by atoms with Crippen molar-refractivity contribution in [3.63, 3.8) is 0 Å². The van der Waals surface area contributed by atoms with Gasteiger partial charge in [0.05, 0.1) is 32.5 Å².